The zero-order valence-corrected chi connectivity index (χ0v) is 11.6. The van der Waals surface area contributed by atoms with Crippen LogP contribution in [0.25, 0.3) is 0 Å². The van der Waals surface area contributed by atoms with Crippen molar-refractivity contribution >= 4 is 17.3 Å². The number of nitrogens with two attached hydrogens (primary N) is 1. The molecule has 0 radical (unpaired) electrons. The minimum atomic E-state index is -0.862. The van der Waals surface area contributed by atoms with Gasteiger partial charge >= 0.3 is 0 Å². The molecule has 110 valence electrons. The van der Waals surface area contributed by atoms with Crippen molar-refractivity contribution in [3.8, 4) is 0 Å². The van der Waals surface area contributed by atoms with Crippen LogP contribution in [0.1, 0.15) is 12.0 Å². The summed E-state index contributed by atoms with van der Waals surface area (Å²) in [5.41, 5.74) is 5.77. The molecule has 8 heteroatoms. The fourth-order valence-electron chi connectivity index (χ4n) is 1.69. The molecule has 0 saturated heterocycles. The molecule has 3 N–H and O–H groups in total. The van der Waals surface area contributed by atoms with Crippen LogP contribution in [-0.4, -0.2) is 24.2 Å². The third-order valence-electron chi connectivity index (χ3n) is 2.61. The molecular weight excluding hydrogens is 274 g/mol. The predicted octanol–water partition coefficient (Wildman–Crippen LogP) is 2.06. The molecule has 0 amide bonds. The SMILES string of the molecule is COC(OC)c1nc(N)[nH]c(=O)c1N=Nc1ccccc1. The van der Waals surface area contributed by atoms with E-state index < -0.39 is 11.8 Å². The summed E-state index contributed by atoms with van der Waals surface area (Å²) in [5, 5.41) is 7.93. The Morgan fingerprint density at radius 2 is 1.86 bits per heavy atom. The summed E-state index contributed by atoms with van der Waals surface area (Å²) in [5.74, 6) is -0.0484. The number of aromatic nitrogens is 2. The number of benzene rings is 1. The first-order valence-electron chi connectivity index (χ1n) is 6.07. The second-order valence-electron chi connectivity index (χ2n) is 4.02. The summed E-state index contributed by atoms with van der Waals surface area (Å²) in [7, 11) is 2.84. The van der Waals surface area contributed by atoms with Crippen LogP contribution >= 0.6 is 0 Å². The molecule has 1 heterocycles. The summed E-state index contributed by atoms with van der Waals surface area (Å²) < 4.78 is 10.2. The van der Waals surface area contributed by atoms with Gasteiger partial charge in [0.2, 0.25) is 12.2 Å². The van der Waals surface area contributed by atoms with Gasteiger partial charge in [-0.25, -0.2) is 4.98 Å². The number of nitrogens with zero attached hydrogens (tertiary/aromatic N) is 3. The minimum absolute atomic E-state index is 0.0123. The Morgan fingerprint density at radius 3 is 2.48 bits per heavy atom. The molecule has 1 aromatic heterocycles. The quantitative estimate of drug-likeness (QED) is 0.645. The number of hydrogen-bond donors (Lipinski definition) is 2. The second kappa shape index (κ2) is 6.73. The summed E-state index contributed by atoms with van der Waals surface area (Å²) in [6.45, 7) is 0. The Kier molecular flexibility index (Phi) is 4.75. The Morgan fingerprint density at radius 1 is 1.19 bits per heavy atom. The molecule has 0 unspecified atom stereocenters. The van der Waals surface area contributed by atoms with Gasteiger partial charge in [0.1, 0.15) is 5.69 Å². The molecule has 8 nitrogen and oxygen atoms in total. The lowest BCUT2D eigenvalue weighted by Gasteiger charge is -2.13. The summed E-state index contributed by atoms with van der Waals surface area (Å²) in [6.07, 6.45) is -0.862. The minimum Gasteiger partial charge on any atom is -0.369 e. The molecule has 0 fully saturated rings. The lowest BCUT2D eigenvalue weighted by molar-refractivity contribution is -0.108. The highest BCUT2D eigenvalue weighted by molar-refractivity contribution is 5.44. The maximum absolute atomic E-state index is 12.0. The van der Waals surface area contributed by atoms with Crippen LogP contribution in [0.5, 0.6) is 0 Å². The maximum Gasteiger partial charge on any atom is 0.280 e. The van der Waals surface area contributed by atoms with E-state index in [1.54, 1.807) is 12.1 Å². The molecule has 0 saturated carbocycles. The zero-order valence-electron chi connectivity index (χ0n) is 11.6. The Hall–Kier alpha value is -2.58. The van der Waals surface area contributed by atoms with Gasteiger partial charge in [0, 0.05) is 14.2 Å². The smallest absolute Gasteiger partial charge is 0.280 e. The molecule has 0 spiro atoms. The predicted molar refractivity (Wildman–Crippen MR) is 76.6 cm³/mol. The van der Waals surface area contributed by atoms with E-state index in [-0.39, 0.29) is 17.3 Å². The van der Waals surface area contributed by atoms with Crippen LogP contribution in [0.4, 0.5) is 17.3 Å². The van der Waals surface area contributed by atoms with Gasteiger partial charge in [-0.05, 0) is 12.1 Å². The van der Waals surface area contributed by atoms with Crippen molar-refractivity contribution in [3.63, 3.8) is 0 Å². The number of ether oxygens (including phenoxy) is 2. The molecule has 1 aromatic carbocycles. The Labute approximate surface area is 120 Å². The number of anilines is 1. The average Bonchev–Trinajstić information content (AvgIpc) is 2.48. The molecule has 0 aliphatic carbocycles. The van der Waals surface area contributed by atoms with Gasteiger partial charge in [-0.15, -0.1) is 5.11 Å². The monoisotopic (exact) mass is 289 g/mol. The second-order valence-corrected chi connectivity index (χ2v) is 4.02. The Balaban J connectivity index is 2.47. The highest BCUT2D eigenvalue weighted by atomic mass is 16.7. The van der Waals surface area contributed by atoms with E-state index in [4.69, 9.17) is 15.2 Å². The first kappa shape index (κ1) is 14.8. The molecule has 0 atom stereocenters. The third kappa shape index (κ3) is 3.50. The van der Waals surface area contributed by atoms with Crippen LogP contribution in [0, 0.1) is 0 Å². The van der Waals surface area contributed by atoms with E-state index in [0.717, 1.165) is 0 Å². The van der Waals surface area contributed by atoms with Gasteiger partial charge in [0.05, 0.1) is 5.69 Å². The van der Waals surface area contributed by atoms with Gasteiger partial charge in [-0.3, -0.25) is 9.78 Å². The van der Waals surface area contributed by atoms with E-state index in [0.29, 0.717) is 5.69 Å². The number of methoxy groups -OCH3 is 2. The number of H-pyrrole nitrogens is 1. The van der Waals surface area contributed by atoms with Crippen LogP contribution < -0.4 is 11.3 Å². The fourth-order valence-corrected chi connectivity index (χ4v) is 1.69. The third-order valence-corrected chi connectivity index (χ3v) is 2.61. The van der Waals surface area contributed by atoms with Crippen molar-refractivity contribution in [2.75, 3.05) is 20.0 Å². The molecule has 21 heavy (non-hydrogen) atoms. The fraction of sp³-hybridized carbons (Fsp3) is 0.231. The topological polar surface area (TPSA) is 115 Å². The number of hydrogen-bond acceptors (Lipinski definition) is 7. The van der Waals surface area contributed by atoms with Gasteiger partial charge in [-0.2, -0.15) is 5.11 Å². The summed E-state index contributed by atoms with van der Waals surface area (Å²) in [4.78, 5) is 18.3. The van der Waals surface area contributed by atoms with Crippen LogP contribution in [-0.2, 0) is 9.47 Å². The summed E-state index contributed by atoms with van der Waals surface area (Å²) in [6, 6.07) is 8.99. The van der Waals surface area contributed by atoms with E-state index in [9.17, 15) is 4.79 Å². The highest BCUT2D eigenvalue weighted by Gasteiger charge is 2.20. The van der Waals surface area contributed by atoms with Gasteiger partial charge in [-0.1, -0.05) is 18.2 Å². The summed E-state index contributed by atoms with van der Waals surface area (Å²) >= 11 is 0. The van der Waals surface area contributed by atoms with Crippen molar-refractivity contribution in [3.05, 3.63) is 46.4 Å². The van der Waals surface area contributed by atoms with Crippen molar-refractivity contribution in [2.45, 2.75) is 6.29 Å². The molecule has 0 aliphatic rings. The highest BCUT2D eigenvalue weighted by Crippen LogP contribution is 2.25. The number of aromatic amines is 1. The van der Waals surface area contributed by atoms with E-state index in [2.05, 4.69) is 20.2 Å². The van der Waals surface area contributed by atoms with E-state index in [1.807, 2.05) is 18.2 Å². The van der Waals surface area contributed by atoms with Crippen molar-refractivity contribution in [1.29, 1.82) is 0 Å². The van der Waals surface area contributed by atoms with E-state index >= 15 is 0 Å². The number of nitrogens with one attached hydrogen (secondary N) is 1. The standard InChI is InChI=1S/C13H15N5O3/c1-20-12(21-2)10-9(11(19)16-13(14)15-10)18-17-8-6-4-3-5-7-8/h3-7,12H,1-2H3,(H3,14,15,16,19). The lowest BCUT2D eigenvalue weighted by Crippen LogP contribution is -2.17. The average molecular weight is 289 g/mol. The molecule has 0 bridgehead atoms. The van der Waals surface area contributed by atoms with Crippen LogP contribution in [0.15, 0.2) is 45.4 Å². The number of azo groups is 1. The molecule has 2 rings (SSSR count). The normalized spacial score (nSPS) is 11.4. The largest absolute Gasteiger partial charge is 0.369 e. The van der Waals surface area contributed by atoms with Crippen molar-refractivity contribution in [1.82, 2.24) is 9.97 Å². The van der Waals surface area contributed by atoms with Crippen LogP contribution in [0.2, 0.25) is 0 Å². The maximum atomic E-state index is 12.0. The zero-order chi connectivity index (χ0) is 15.2. The van der Waals surface area contributed by atoms with Gasteiger partial charge < -0.3 is 15.2 Å². The molecule has 0 aliphatic heterocycles. The van der Waals surface area contributed by atoms with Crippen molar-refractivity contribution in [2.24, 2.45) is 10.2 Å². The van der Waals surface area contributed by atoms with Gasteiger partial charge in [0.25, 0.3) is 5.56 Å². The molecule has 2 aromatic rings. The van der Waals surface area contributed by atoms with E-state index in [1.165, 1.54) is 14.2 Å². The van der Waals surface area contributed by atoms with Gasteiger partial charge in [0.15, 0.2) is 5.69 Å². The molecular formula is C13H15N5O3. The first-order valence-corrected chi connectivity index (χ1v) is 6.07. The lowest BCUT2D eigenvalue weighted by atomic mass is 10.3. The van der Waals surface area contributed by atoms with Crippen LogP contribution in [0.3, 0.4) is 0 Å². The number of rotatable bonds is 5. The first-order chi connectivity index (χ1) is 10.2. The van der Waals surface area contributed by atoms with Crippen molar-refractivity contribution < 1.29 is 9.47 Å². The Bertz CT molecular complexity index is 680. The number of nitrogen functional groups attached to an aromatic ring is 1.